The predicted molar refractivity (Wildman–Crippen MR) is 71.2 cm³/mol. The molecule has 1 aromatic rings. The molecule has 104 valence electrons. The van der Waals surface area contributed by atoms with E-state index in [4.69, 9.17) is 15.6 Å². The van der Waals surface area contributed by atoms with Crippen molar-refractivity contribution in [3.8, 4) is 5.75 Å². The first kappa shape index (κ1) is 15.0. The van der Waals surface area contributed by atoms with Gasteiger partial charge < -0.3 is 20.9 Å². The van der Waals surface area contributed by atoms with Crippen molar-refractivity contribution in [1.82, 2.24) is 0 Å². The van der Waals surface area contributed by atoms with Gasteiger partial charge in [-0.25, -0.2) is 0 Å². The number of carboxylic acid groups (broad SMARTS) is 1. The van der Waals surface area contributed by atoms with Crippen LogP contribution in [0, 0.1) is 0 Å². The van der Waals surface area contributed by atoms with Crippen molar-refractivity contribution in [3.63, 3.8) is 0 Å². The predicted octanol–water partition coefficient (Wildman–Crippen LogP) is 0.998. The molecular formula is C13H18N2O4. The highest BCUT2D eigenvalue weighted by atomic mass is 16.5. The first-order valence-corrected chi connectivity index (χ1v) is 5.84. The Morgan fingerprint density at radius 2 is 2.16 bits per heavy atom. The number of ether oxygens (including phenoxy) is 1. The molecule has 0 aliphatic rings. The second kappa shape index (κ2) is 6.75. The summed E-state index contributed by atoms with van der Waals surface area (Å²) in [7, 11) is 1.53. The van der Waals surface area contributed by atoms with E-state index in [9.17, 15) is 9.59 Å². The number of carbonyl (C=O) groups is 2. The number of nitrogens with one attached hydrogen (secondary N) is 1. The summed E-state index contributed by atoms with van der Waals surface area (Å²) in [5.41, 5.74) is 7.15. The van der Waals surface area contributed by atoms with Crippen LogP contribution in [-0.2, 0) is 16.0 Å². The molecule has 19 heavy (non-hydrogen) atoms. The highest BCUT2D eigenvalue weighted by Gasteiger charge is 2.13. The van der Waals surface area contributed by atoms with Crippen LogP contribution >= 0.6 is 0 Å². The minimum atomic E-state index is -0.940. The van der Waals surface area contributed by atoms with Gasteiger partial charge in [0.05, 0.1) is 13.5 Å². The van der Waals surface area contributed by atoms with Crippen LogP contribution < -0.4 is 15.8 Å². The third kappa shape index (κ3) is 4.97. The maximum atomic E-state index is 11.0. The quantitative estimate of drug-likeness (QED) is 0.713. The Balaban J connectivity index is 2.89. The standard InChI is InChI=1S/C13H18N2O4/c1-8(16)15-11-3-4-12(19-2)9(6-11)5-10(14)7-13(17)18/h3-4,6,10H,5,7,14H2,1-2H3,(H,15,16)(H,17,18). The number of nitrogens with two attached hydrogens (primary N) is 1. The van der Waals surface area contributed by atoms with Crippen LogP contribution in [0.15, 0.2) is 18.2 Å². The van der Waals surface area contributed by atoms with Gasteiger partial charge >= 0.3 is 5.97 Å². The zero-order valence-electron chi connectivity index (χ0n) is 11.0. The zero-order valence-corrected chi connectivity index (χ0v) is 11.0. The molecule has 1 rings (SSSR count). The van der Waals surface area contributed by atoms with Crippen molar-refractivity contribution in [1.29, 1.82) is 0 Å². The zero-order chi connectivity index (χ0) is 14.4. The average molecular weight is 266 g/mol. The maximum Gasteiger partial charge on any atom is 0.304 e. The summed E-state index contributed by atoms with van der Waals surface area (Å²) in [6, 6.07) is 4.67. The Labute approximate surface area is 111 Å². The van der Waals surface area contributed by atoms with Crippen LogP contribution in [0.25, 0.3) is 0 Å². The summed E-state index contributed by atoms with van der Waals surface area (Å²) in [6.45, 7) is 1.42. The fraction of sp³-hybridized carbons (Fsp3) is 0.385. The monoisotopic (exact) mass is 266 g/mol. The number of rotatable bonds is 6. The fourth-order valence-electron chi connectivity index (χ4n) is 1.80. The molecule has 0 aliphatic carbocycles. The topological polar surface area (TPSA) is 102 Å². The van der Waals surface area contributed by atoms with Gasteiger partial charge in [-0.05, 0) is 30.2 Å². The number of hydrogen-bond acceptors (Lipinski definition) is 4. The minimum Gasteiger partial charge on any atom is -0.496 e. The molecule has 0 heterocycles. The molecule has 0 saturated carbocycles. The third-order valence-electron chi connectivity index (χ3n) is 2.52. The van der Waals surface area contributed by atoms with Crippen LogP contribution in [0.1, 0.15) is 18.9 Å². The van der Waals surface area contributed by atoms with Crippen molar-refractivity contribution in [3.05, 3.63) is 23.8 Å². The van der Waals surface area contributed by atoms with Crippen LogP contribution in [-0.4, -0.2) is 30.1 Å². The molecular weight excluding hydrogens is 248 g/mol. The Hall–Kier alpha value is -2.08. The van der Waals surface area contributed by atoms with Crippen molar-refractivity contribution in [2.24, 2.45) is 5.73 Å². The van der Waals surface area contributed by atoms with Crippen molar-refractivity contribution in [2.45, 2.75) is 25.8 Å². The molecule has 1 amide bonds. The van der Waals surface area contributed by atoms with E-state index in [2.05, 4.69) is 5.32 Å². The Kier molecular flexibility index (Phi) is 5.32. The largest absolute Gasteiger partial charge is 0.496 e. The maximum absolute atomic E-state index is 11.0. The fourth-order valence-corrected chi connectivity index (χ4v) is 1.80. The van der Waals surface area contributed by atoms with E-state index in [-0.39, 0.29) is 12.3 Å². The SMILES string of the molecule is COc1ccc(NC(C)=O)cc1CC(N)CC(=O)O. The lowest BCUT2D eigenvalue weighted by Crippen LogP contribution is -2.26. The first-order valence-electron chi connectivity index (χ1n) is 5.84. The highest BCUT2D eigenvalue weighted by molar-refractivity contribution is 5.88. The lowest BCUT2D eigenvalue weighted by molar-refractivity contribution is -0.137. The average Bonchev–Trinajstić information content (AvgIpc) is 2.27. The molecule has 1 aromatic carbocycles. The smallest absolute Gasteiger partial charge is 0.304 e. The Bertz CT molecular complexity index is 474. The number of carboxylic acids is 1. The number of methoxy groups -OCH3 is 1. The van der Waals surface area contributed by atoms with E-state index < -0.39 is 12.0 Å². The van der Waals surface area contributed by atoms with Crippen LogP contribution in [0.3, 0.4) is 0 Å². The molecule has 0 radical (unpaired) electrons. The molecule has 1 atom stereocenters. The van der Waals surface area contributed by atoms with Crippen LogP contribution in [0.2, 0.25) is 0 Å². The van der Waals surface area contributed by atoms with Gasteiger partial charge in [0.25, 0.3) is 0 Å². The van der Waals surface area contributed by atoms with Gasteiger partial charge in [-0.3, -0.25) is 9.59 Å². The van der Waals surface area contributed by atoms with E-state index in [1.54, 1.807) is 18.2 Å². The number of hydrogen-bond donors (Lipinski definition) is 3. The Morgan fingerprint density at radius 1 is 1.47 bits per heavy atom. The number of amides is 1. The summed E-state index contributed by atoms with van der Waals surface area (Å²) in [6.07, 6.45) is 0.246. The van der Waals surface area contributed by atoms with Gasteiger partial charge in [0.1, 0.15) is 5.75 Å². The second-order valence-electron chi connectivity index (χ2n) is 4.27. The molecule has 0 saturated heterocycles. The molecule has 1 unspecified atom stereocenters. The van der Waals surface area contributed by atoms with Gasteiger partial charge in [-0.2, -0.15) is 0 Å². The third-order valence-corrected chi connectivity index (χ3v) is 2.52. The van der Waals surface area contributed by atoms with Crippen molar-refractivity contribution < 1.29 is 19.4 Å². The number of anilines is 1. The normalized spacial score (nSPS) is 11.7. The molecule has 0 bridgehead atoms. The van der Waals surface area contributed by atoms with Gasteiger partial charge in [0.2, 0.25) is 5.91 Å². The molecule has 6 nitrogen and oxygen atoms in total. The summed E-state index contributed by atoms with van der Waals surface area (Å²) in [4.78, 5) is 21.6. The summed E-state index contributed by atoms with van der Waals surface area (Å²) >= 11 is 0. The lowest BCUT2D eigenvalue weighted by atomic mass is 10.0. The van der Waals surface area contributed by atoms with E-state index in [0.29, 0.717) is 17.9 Å². The number of aliphatic carboxylic acids is 1. The van der Waals surface area contributed by atoms with Crippen LogP contribution in [0.4, 0.5) is 5.69 Å². The van der Waals surface area contributed by atoms with Gasteiger partial charge in [0, 0.05) is 18.7 Å². The molecule has 0 aromatic heterocycles. The van der Waals surface area contributed by atoms with Gasteiger partial charge in [-0.1, -0.05) is 0 Å². The van der Waals surface area contributed by atoms with Crippen molar-refractivity contribution in [2.75, 3.05) is 12.4 Å². The molecule has 0 spiro atoms. The minimum absolute atomic E-state index is 0.118. The first-order chi connectivity index (χ1) is 8.92. The van der Waals surface area contributed by atoms with Crippen LogP contribution in [0.5, 0.6) is 5.75 Å². The number of benzene rings is 1. The second-order valence-corrected chi connectivity index (χ2v) is 4.27. The van der Waals surface area contributed by atoms with Gasteiger partial charge in [-0.15, -0.1) is 0 Å². The van der Waals surface area contributed by atoms with E-state index in [0.717, 1.165) is 5.56 Å². The lowest BCUT2D eigenvalue weighted by Gasteiger charge is -2.14. The summed E-state index contributed by atoms with van der Waals surface area (Å²) in [5.74, 6) is -0.495. The Morgan fingerprint density at radius 3 is 2.68 bits per heavy atom. The highest BCUT2D eigenvalue weighted by Crippen LogP contribution is 2.24. The van der Waals surface area contributed by atoms with Crippen molar-refractivity contribution >= 4 is 17.6 Å². The van der Waals surface area contributed by atoms with E-state index in [1.165, 1.54) is 14.0 Å². The number of carbonyl (C=O) groups excluding carboxylic acids is 1. The van der Waals surface area contributed by atoms with E-state index >= 15 is 0 Å². The molecule has 4 N–H and O–H groups in total. The molecule has 6 heteroatoms. The van der Waals surface area contributed by atoms with E-state index in [1.807, 2.05) is 0 Å². The molecule has 0 aliphatic heterocycles. The summed E-state index contributed by atoms with van der Waals surface area (Å²) < 4.78 is 5.20. The molecule has 0 fully saturated rings. The van der Waals surface area contributed by atoms with Gasteiger partial charge in [0.15, 0.2) is 0 Å². The summed E-state index contributed by atoms with van der Waals surface area (Å²) in [5, 5.41) is 11.4.